The zero-order chi connectivity index (χ0) is 13.6. The van der Waals surface area contributed by atoms with Gasteiger partial charge in [0, 0.05) is 0 Å². The smallest absolute Gasteiger partial charge is 0.323 e. The van der Waals surface area contributed by atoms with Crippen LogP contribution < -0.4 is 9.44 Å². The first-order valence-corrected chi connectivity index (χ1v) is 6.17. The zero-order valence-electron chi connectivity index (χ0n) is 10.0. The minimum atomic E-state index is -3.99. The molecular weight excluding hydrogens is 252 g/mol. The molecule has 100 valence electrons. The highest BCUT2D eigenvalue weighted by Crippen LogP contribution is 1.93. The van der Waals surface area contributed by atoms with Gasteiger partial charge in [0.05, 0.1) is 14.2 Å². The zero-order valence-corrected chi connectivity index (χ0v) is 10.8. The van der Waals surface area contributed by atoms with E-state index in [1.165, 1.54) is 13.8 Å². The van der Waals surface area contributed by atoms with Crippen LogP contribution in [-0.4, -0.2) is 46.7 Å². The number of esters is 2. The van der Waals surface area contributed by atoms with Gasteiger partial charge in [0.1, 0.15) is 12.1 Å². The molecule has 0 amide bonds. The first-order chi connectivity index (χ1) is 7.73. The van der Waals surface area contributed by atoms with Gasteiger partial charge in [-0.05, 0) is 13.8 Å². The van der Waals surface area contributed by atoms with Crippen molar-refractivity contribution in [3.63, 3.8) is 0 Å². The summed E-state index contributed by atoms with van der Waals surface area (Å²) < 4.78 is 35.6. The average molecular weight is 268 g/mol. The Morgan fingerprint density at radius 2 is 1.24 bits per heavy atom. The van der Waals surface area contributed by atoms with E-state index in [-0.39, 0.29) is 0 Å². The Bertz CT molecular complexity index is 349. The number of hydrogen-bond acceptors (Lipinski definition) is 6. The summed E-state index contributed by atoms with van der Waals surface area (Å²) in [4.78, 5) is 22.0. The minimum Gasteiger partial charge on any atom is -0.468 e. The Labute approximate surface area is 99.8 Å². The molecule has 2 N–H and O–H groups in total. The lowest BCUT2D eigenvalue weighted by molar-refractivity contribution is -0.142. The molecule has 8 nitrogen and oxygen atoms in total. The van der Waals surface area contributed by atoms with E-state index in [2.05, 4.69) is 9.47 Å². The van der Waals surface area contributed by atoms with E-state index in [0.717, 1.165) is 14.2 Å². The van der Waals surface area contributed by atoms with E-state index in [4.69, 9.17) is 0 Å². The maximum Gasteiger partial charge on any atom is 0.323 e. The number of nitrogens with one attached hydrogen (secondary N) is 2. The van der Waals surface area contributed by atoms with E-state index < -0.39 is 34.2 Å². The number of rotatable bonds is 6. The van der Waals surface area contributed by atoms with Crippen molar-refractivity contribution in [1.82, 2.24) is 9.44 Å². The summed E-state index contributed by atoms with van der Waals surface area (Å²) in [6.45, 7) is 2.63. The van der Waals surface area contributed by atoms with Gasteiger partial charge in [-0.2, -0.15) is 17.9 Å². The quantitative estimate of drug-likeness (QED) is 0.569. The lowest BCUT2D eigenvalue weighted by Crippen LogP contribution is -2.49. The van der Waals surface area contributed by atoms with Crippen molar-refractivity contribution < 1.29 is 27.5 Å². The lowest BCUT2D eigenvalue weighted by Gasteiger charge is -2.15. The maximum absolute atomic E-state index is 11.5. The van der Waals surface area contributed by atoms with Gasteiger partial charge in [-0.25, -0.2) is 0 Å². The van der Waals surface area contributed by atoms with Gasteiger partial charge in [0.15, 0.2) is 0 Å². The molecule has 2 atom stereocenters. The molecule has 0 radical (unpaired) electrons. The van der Waals surface area contributed by atoms with Crippen LogP contribution in [-0.2, 0) is 29.3 Å². The summed E-state index contributed by atoms with van der Waals surface area (Å²) in [6.07, 6.45) is 0. The fraction of sp³-hybridized carbons (Fsp3) is 0.750. The topological polar surface area (TPSA) is 111 Å². The monoisotopic (exact) mass is 268 g/mol. The molecule has 0 aromatic rings. The fourth-order valence-electron chi connectivity index (χ4n) is 0.949. The van der Waals surface area contributed by atoms with Gasteiger partial charge >= 0.3 is 11.9 Å². The molecule has 0 bridgehead atoms. The van der Waals surface area contributed by atoms with Crippen LogP contribution in [0.5, 0.6) is 0 Å². The Balaban J connectivity index is 4.50. The first-order valence-electron chi connectivity index (χ1n) is 4.68. The Hall–Kier alpha value is -1.19. The molecule has 0 saturated heterocycles. The summed E-state index contributed by atoms with van der Waals surface area (Å²) in [5.74, 6) is -1.47. The van der Waals surface area contributed by atoms with E-state index in [1.54, 1.807) is 0 Å². The normalized spacial score (nSPS) is 14.8. The van der Waals surface area contributed by atoms with Crippen LogP contribution >= 0.6 is 0 Å². The number of methoxy groups -OCH3 is 2. The highest BCUT2D eigenvalue weighted by molar-refractivity contribution is 7.87. The Morgan fingerprint density at radius 1 is 0.941 bits per heavy atom. The van der Waals surface area contributed by atoms with Crippen molar-refractivity contribution >= 4 is 22.1 Å². The Kier molecular flexibility index (Phi) is 6.07. The molecule has 0 fully saturated rings. The third kappa shape index (κ3) is 5.61. The van der Waals surface area contributed by atoms with Crippen molar-refractivity contribution in [1.29, 1.82) is 0 Å². The van der Waals surface area contributed by atoms with Gasteiger partial charge in [0.25, 0.3) is 10.2 Å². The average Bonchev–Trinajstić information content (AvgIpc) is 2.25. The second-order valence-electron chi connectivity index (χ2n) is 3.23. The molecule has 0 unspecified atom stereocenters. The lowest BCUT2D eigenvalue weighted by atomic mass is 10.4. The standard InChI is InChI=1S/C8H16N2O6S/c1-5(7(11)15-3)9-17(13,14)10-6(2)8(12)16-4/h5-6,9-10H,1-4H3/t5-,6+. The largest absolute Gasteiger partial charge is 0.468 e. The molecule has 0 aliphatic carbocycles. The van der Waals surface area contributed by atoms with Gasteiger partial charge in [0.2, 0.25) is 0 Å². The van der Waals surface area contributed by atoms with Crippen LogP contribution in [0.1, 0.15) is 13.8 Å². The van der Waals surface area contributed by atoms with Gasteiger partial charge in [-0.15, -0.1) is 0 Å². The van der Waals surface area contributed by atoms with E-state index in [1.807, 2.05) is 9.44 Å². The van der Waals surface area contributed by atoms with Gasteiger partial charge in [-0.3, -0.25) is 9.59 Å². The molecule has 9 heteroatoms. The SMILES string of the molecule is COC(=O)[C@H](C)NS(=O)(=O)N[C@H](C)C(=O)OC. The number of carbonyl (C=O) groups excluding carboxylic acids is 2. The molecule has 0 heterocycles. The summed E-state index contributed by atoms with van der Waals surface area (Å²) >= 11 is 0. The fourth-order valence-corrected chi connectivity index (χ4v) is 2.14. The van der Waals surface area contributed by atoms with Crippen molar-refractivity contribution in [3.8, 4) is 0 Å². The van der Waals surface area contributed by atoms with Crippen molar-refractivity contribution in [2.45, 2.75) is 25.9 Å². The third-order valence-corrected chi connectivity index (χ3v) is 3.10. The molecule has 17 heavy (non-hydrogen) atoms. The highest BCUT2D eigenvalue weighted by atomic mass is 32.2. The summed E-state index contributed by atoms with van der Waals surface area (Å²) in [5, 5.41) is 0. The minimum absolute atomic E-state index is 0.735. The van der Waals surface area contributed by atoms with Crippen molar-refractivity contribution in [2.24, 2.45) is 0 Å². The summed E-state index contributed by atoms with van der Waals surface area (Å²) in [5.41, 5.74) is 0. The predicted octanol–water partition coefficient (Wildman–Crippen LogP) is -1.47. The predicted molar refractivity (Wildman–Crippen MR) is 58.1 cm³/mol. The van der Waals surface area contributed by atoms with Crippen LogP contribution in [0.4, 0.5) is 0 Å². The molecule has 0 aliphatic heterocycles. The second kappa shape index (κ2) is 6.52. The summed E-state index contributed by atoms with van der Waals surface area (Å²) in [7, 11) is -1.72. The van der Waals surface area contributed by atoms with E-state index in [9.17, 15) is 18.0 Å². The Morgan fingerprint density at radius 3 is 1.47 bits per heavy atom. The van der Waals surface area contributed by atoms with Crippen LogP contribution in [0.3, 0.4) is 0 Å². The van der Waals surface area contributed by atoms with Crippen LogP contribution in [0, 0.1) is 0 Å². The number of carbonyl (C=O) groups is 2. The van der Waals surface area contributed by atoms with Crippen LogP contribution in [0.15, 0.2) is 0 Å². The maximum atomic E-state index is 11.5. The molecule has 0 rings (SSSR count). The van der Waals surface area contributed by atoms with Gasteiger partial charge < -0.3 is 9.47 Å². The second-order valence-corrected chi connectivity index (χ2v) is 4.71. The van der Waals surface area contributed by atoms with Crippen LogP contribution in [0.25, 0.3) is 0 Å². The molecular formula is C8H16N2O6S. The van der Waals surface area contributed by atoms with Crippen molar-refractivity contribution in [3.05, 3.63) is 0 Å². The summed E-state index contributed by atoms with van der Waals surface area (Å²) in [6, 6.07) is -2.11. The molecule has 0 aromatic heterocycles. The van der Waals surface area contributed by atoms with Crippen LogP contribution in [0.2, 0.25) is 0 Å². The number of ether oxygens (including phenoxy) is 2. The first kappa shape index (κ1) is 15.8. The molecule has 0 aromatic carbocycles. The third-order valence-electron chi connectivity index (χ3n) is 1.77. The highest BCUT2D eigenvalue weighted by Gasteiger charge is 2.24. The molecule has 0 aliphatic rings. The molecule has 0 spiro atoms. The van der Waals surface area contributed by atoms with Gasteiger partial charge in [-0.1, -0.05) is 0 Å². The van der Waals surface area contributed by atoms with Crippen molar-refractivity contribution in [2.75, 3.05) is 14.2 Å². The number of hydrogen-bond donors (Lipinski definition) is 2. The molecule has 0 saturated carbocycles. The van der Waals surface area contributed by atoms with E-state index >= 15 is 0 Å². The van der Waals surface area contributed by atoms with E-state index in [0.29, 0.717) is 0 Å².